The predicted molar refractivity (Wildman–Crippen MR) is 167 cm³/mol. The zero-order valence-electron chi connectivity index (χ0n) is 24.1. The first kappa shape index (κ1) is 29.4. The van der Waals surface area contributed by atoms with Gasteiger partial charge in [-0.15, -0.1) is 11.5 Å². The zero-order valence-corrected chi connectivity index (χ0v) is 25.1. The Hall–Kier alpha value is -3.62. The summed E-state index contributed by atoms with van der Waals surface area (Å²) in [5.41, 5.74) is 7.06. The van der Waals surface area contributed by atoms with Crippen LogP contribution in [0.5, 0.6) is 5.75 Å². The number of rotatable bonds is 12. The third kappa shape index (κ3) is 7.96. The summed E-state index contributed by atoms with van der Waals surface area (Å²) in [6.07, 6.45) is 1.44. The average molecular weight is 549 g/mol. The maximum absolute atomic E-state index is 7.09. The van der Waals surface area contributed by atoms with Crippen LogP contribution in [-0.4, -0.2) is 27.9 Å². The third-order valence-corrected chi connectivity index (χ3v) is 7.65. The molecule has 0 heterocycles. The van der Waals surface area contributed by atoms with Gasteiger partial charge in [0.2, 0.25) is 0 Å². The molecule has 0 bridgehead atoms. The number of hydrogen-bond donors (Lipinski definition) is 0. The van der Waals surface area contributed by atoms with E-state index in [2.05, 4.69) is 104 Å². The first-order chi connectivity index (χ1) is 19.4. The molecule has 0 aromatic heterocycles. The summed E-state index contributed by atoms with van der Waals surface area (Å²) in [6.45, 7) is 7.73. The molecule has 0 aliphatic rings. The molecule has 0 amide bonds. The highest BCUT2D eigenvalue weighted by atomic mass is 28.3. The normalized spacial score (nSPS) is 12.3. The summed E-state index contributed by atoms with van der Waals surface area (Å²) in [4.78, 5) is 0. The number of ether oxygens (including phenoxy) is 3. The van der Waals surface area contributed by atoms with Crippen LogP contribution in [0.2, 0.25) is 19.6 Å². The Morgan fingerprint density at radius 2 is 1.20 bits per heavy atom. The number of benzene rings is 4. The molecule has 0 N–H and O–H groups in total. The van der Waals surface area contributed by atoms with Crippen LogP contribution in [0.1, 0.15) is 35.1 Å². The minimum Gasteiger partial charge on any atom is -0.497 e. The molecular formula is C36H40O3Si. The van der Waals surface area contributed by atoms with Gasteiger partial charge in [-0.25, -0.2) is 0 Å². The van der Waals surface area contributed by atoms with E-state index in [1.807, 2.05) is 42.5 Å². The molecule has 40 heavy (non-hydrogen) atoms. The van der Waals surface area contributed by atoms with E-state index >= 15 is 0 Å². The maximum Gasteiger partial charge on any atom is 0.143 e. The Balaban J connectivity index is 1.65. The molecule has 0 aliphatic heterocycles. The predicted octanol–water partition coefficient (Wildman–Crippen LogP) is 8.25. The van der Waals surface area contributed by atoms with Gasteiger partial charge in [0.15, 0.2) is 0 Å². The first-order valence-corrected chi connectivity index (χ1v) is 17.5. The van der Waals surface area contributed by atoms with Gasteiger partial charge in [0.25, 0.3) is 0 Å². The molecule has 0 fully saturated rings. The van der Waals surface area contributed by atoms with Crippen molar-refractivity contribution in [2.45, 2.75) is 50.8 Å². The van der Waals surface area contributed by atoms with Crippen LogP contribution >= 0.6 is 0 Å². The van der Waals surface area contributed by atoms with Crippen LogP contribution < -0.4 is 4.74 Å². The van der Waals surface area contributed by atoms with Crippen molar-refractivity contribution in [2.75, 3.05) is 13.7 Å². The summed E-state index contributed by atoms with van der Waals surface area (Å²) in [5, 5.41) is 0. The number of hydrogen-bond acceptors (Lipinski definition) is 3. The minimum absolute atomic E-state index is 0.131. The van der Waals surface area contributed by atoms with Crippen LogP contribution in [0, 0.1) is 11.5 Å². The standard InChI is InChI=1S/C36H40O3Si/c1-37-34-25-23-30(24-26-34)28-38-35(22-14-15-27-40(2,3)4)29-39-36(31-16-8-5-9-17-31,32-18-10-6-11-19-32)33-20-12-7-13-21-33/h5-13,16-21,23-26,35H,14,22,28-29H2,1-4H3/t35-/m0/s1. The second kappa shape index (κ2) is 14.1. The van der Waals surface area contributed by atoms with Gasteiger partial charge < -0.3 is 14.2 Å². The lowest BCUT2D eigenvalue weighted by molar-refractivity contribution is -0.0719. The van der Waals surface area contributed by atoms with Crippen molar-refractivity contribution in [3.8, 4) is 17.2 Å². The zero-order chi connectivity index (χ0) is 28.3. The fraction of sp³-hybridized carbons (Fsp3) is 0.278. The molecule has 4 heteroatoms. The van der Waals surface area contributed by atoms with Crippen LogP contribution in [0.15, 0.2) is 115 Å². The second-order valence-corrected chi connectivity index (χ2v) is 15.7. The van der Waals surface area contributed by atoms with Gasteiger partial charge in [-0.1, -0.05) is 123 Å². The number of methoxy groups -OCH3 is 1. The Morgan fingerprint density at radius 3 is 1.65 bits per heavy atom. The molecule has 0 spiro atoms. The molecule has 1 atom stereocenters. The lowest BCUT2D eigenvalue weighted by Crippen LogP contribution is -2.36. The van der Waals surface area contributed by atoms with Gasteiger partial charge in [-0.05, 0) is 40.8 Å². The van der Waals surface area contributed by atoms with Gasteiger partial charge in [-0.3, -0.25) is 0 Å². The van der Waals surface area contributed by atoms with E-state index in [0.717, 1.165) is 40.8 Å². The van der Waals surface area contributed by atoms with Gasteiger partial charge in [0.1, 0.15) is 19.4 Å². The van der Waals surface area contributed by atoms with Crippen LogP contribution in [0.3, 0.4) is 0 Å². The molecular weight excluding hydrogens is 508 g/mol. The summed E-state index contributed by atoms with van der Waals surface area (Å²) < 4.78 is 18.9. The Kier molecular flexibility index (Phi) is 10.4. The smallest absolute Gasteiger partial charge is 0.143 e. The molecule has 0 saturated heterocycles. The first-order valence-electron chi connectivity index (χ1n) is 14.0. The molecule has 4 aromatic carbocycles. The highest BCUT2D eigenvalue weighted by molar-refractivity contribution is 6.83. The molecule has 0 saturated carbocycles. The third-order valence-electron chi connectivity index (χ3n) is 6.73. The molecule has 4 rings (SSSR count). The molecule has 0 radical (unpaired) electrons. The van der Waals surface area contributed by atoms with Crippen molar-refractivity contribution in [3.63, 3.8) is 0 Å². The van der Waals surface area contributed by atoms with Gasteiger partial charge >= 0.3 is 0 Å². The van der Waals surface area contributed by atoms with Gasteiger partial charge in [-0.2, -0.15) is 0 Å². The van der Waals surface area contributed by atoms with Crippen molar-refractivity contribution in [1.29, 1.82) is 0 Å². The SMILES string of the molecule is COc1ccc(CO[C@@H](CCC#C[Si](C)(C)C)COC(c2ccccc2)(c2ccccc2)c2ccccc2)cc1. The van der Waals surface area contributed by atoms with Crippen molar-refractivity contribution in [2.24, 2.45) is 0 Å². The van der Waals surface area contributed by atoms with Crippen molar-refractivity contribution >= 4 is 8.07 Å². The monoisotopic (exact) mass is 548 g/mol. The summed E-state index contributed by atoms with van der Waals surface area (Å²) in [5.74, 6) is 4.26. The van der Waals surface area contributed by atoms with E-state index < -0.39 is 13.7 Å². The topological polar surface area (TPSA) is 27.7 Å². The van der Waals surface area contributed by atoms with E-state index in [4.69, 9.17) is 14.2 Å². The van der Waals surface area contributed by atoms with Crippen molar-refractivity contribution < 1.29 is 14.2 Å². The minimum atomic E-state index is -1.44. The van der Waals surface area contributed by atoms with Crippen LogP contribution in [0.4, 0.5) is 0 Å². The molecule has 0 unspecified atom stereocenters. The largest absolute Gasteiger partial charge is 0.497 e. The molecule has 4 aromatic rings. The lowest BCUT2D eigenvalue weighted by atomic mass is 9.80. The Labute approximate surface area is 241 Å². The summed E-state index contributed by atoms with van der Waals surface area (Å²) in [6, 6.07) is 39.5. The highest BCUT2D eigenvalue weighted by Crippen LogP contribution is 2.40. The molecule has 206 valence electrons. The lowest BCUT2D eigenvalue weighted by Gasteiger charge is -2.37. The van der Waals surface area contributed by atoms with Crippen LogP contribution in [0.25, 0.3) is 0 Å². The van der Waals surface area contributed by atoms with Gasteiger partial charge in [0.05, 0.1) is 26.4 Å². The quantitative estimate of drug-likeness (QED) is 0.101. The Morgan fingerprint density at radius 1 is 0.700 bits per heavy atom. The highest BCUT2D eigenvalue weighted by Gasteiger charge is 2.38. The van der Waals surface area contributed by atoms with Gasteiger partial charge in [0, 0.05) is 6.42 Å². The average Bonchev–Trinajstić information content (AvgIpc) is 2.99. The maximum atomic E-state index is 7.09. The molecule has 0 aliphatic carbocycles. The van der Waals surface area contributed by atoms with Crippen LogP contribution in [-0.2, 0) is 21.7 Å². The van der Waals surface area contributed by atoms with Crippen molar-refractivity contribution in [3.05, 3.63) is 138 Å². The molecule has 3 nitrogen and oxygen atoms in total. The summed E-state index contributed by atoms with van der Waals surface area (Å²) >= 11 is 0. The fourth-order valence-corrected chi connectivity index (χ4v) is 5.35. The second-order valence-electron chi connectivity index (χ2n) is 11.0. The van der Waals surface area contributed by atoms with E-state index in [9.17, 15) is 0 Å². The van der Waals surface area contributed by atoms with E-state index in [-0.39, 0.29) is 6.10 Å². The summed E-state index contributed by atoms with van der Waals surface area (Å²) in [7, 11) is 0.244. The van der Waals surface area contributed by atoms with E-state index in [1.165, 1.54) is 0 Å². The van der Waals surface area contributed by atoms with E-state index in [1.54, 1.807) is 7.11 Å². The Bertz CT molecular complexity index is 1260. The van der Waals surface area contributed by atoms with E-state index in [0.29, 0.717) is 13.2 Å². The van der Waals surface area contributed by atoms with Crippen molar-refractivity contribution in [1.82, 2.24) is 0 Å². The fourth-order valence-electron chi connectivity index (χ4n) is 4.70.